The van der Waals surface area contributed by atoms with E-state index in [2.05, 4.69) is 133 Å². The first-order valence-electron chi connectivity index (χ1n) is 15.7. The molecule has 0 radical (unpaired) electrons. The molecule has 1 aliphatic heterocycles. The standard InChI is InChI=1S/C42H30N2OS/c1-41(2)31-19-6-8-21-33(31)42(34-22-9-7-20-32(34)41)35-23-10-11-25-37(35)46-38-30(18-13-24-36(38)42)28-16-12-17-29(26-28)40-44-43-39(45-40)27-14-4-3-5-15-27/h3-26H,1-2H3. The largest absolute Gasteiger partial charge is 0.416 e. The maximum Gasteiger partial charge on any atom is 0.248 e. The minimum atomic E-state index is -0.454. The molecule has 0 N–H and O–H groups in total. The second kappa shape index (κ2) is 10.2. The van der Waals surface area contributed by atoms with Crippen molar-refractivity contribution in [1.82, 2.24) is 10.2 Å². The van der Waals surface area contributed by atoms with Crippen molar-refractivity contribution in [3.05, 3.63) is 179 Å². The van der Waals surface area contributed by atoms with Crippen LogP contribution in [-0.2, 0) is 10.8 Å². The summed E-state index contributed by atoms with van der Waals surface area (Å²) in [6.45, 7) is 4.73. The zero-order valence-electron chi connectivity index (χ0n) is 25.6. The predicted molar refractivity (Wildman–Crippen MR) is 185 cm³/mol. The number of rotatable bonds is 3. The van der Waals surface area contributed by atoms with E-state index in [9.17, 15) is 0 Å². The molecule has 0 atom stereocenters. The van der Waals surface area contributed by atoms with Crippen molar-refractivity contribution >= 4 is 11.8 Å². The number of fused-ring (bicyclic) bond motifs is 8. The van der Waals surface area contributed by atoms with Crippen LogP contribution in [0, 0.1) is 0 Å². The summed E-state index contributed by atoms with van der Waals surface area (Å²) < 4.78 is 6.17. The van der Waals surface area contributed by atoms with Crippen molar-refractivity contribution in [2.45, 2.75) is 34.5 Å². The van der Waals surface area contributed by atoms with Crippen LogP contribution in [0.3, 0.4) is 0 Å². The van der Waals surface area contributed by atoms with Crippen LogP contribution < -0.4 is 0 Å². The van der Waals surface area contributed by atoms with Crippen LogP contribution in [0.25, 0.3) is 34.0 Å². The summed E-state index contributed by atoms with van der Waals surface area (Å²) in [6, 6.07) is 52.4. The van der Waals surface area contributed by atoms with Gasteiger partial charge in [-0.1, -0.05) is 141 Å². The molecule has 0 unspecified atom stereocenters. The Morgan fingerprint density at radius 2 is 1.00 bits per heavy atom. The number of benzene rings is 6. The molecule has 0 bridgehead atoms. The molecule has 0 saturated carbocycles. The highest BCUT2D eigenvalue weighted by atomic mass is 32.2. The molecule has 0 amide bonds. The maximum atomic E-state index is 6.17. The highest BCUT2D eigenvalue weighted by Gasteiger charge is 2.52. The van der Waals surface area contributed by atoms with Crippen molar-refractivity contribution in [2.75, 3.05) is 0 Å². The van der Waals surface area contributed by atoms with Crippen LogP contribution >= 0.6 is 11.8 Å². The number of aromatic nitrogens is 2. The Bertz CT molecular complexity index is 2230. The molecular weight excluding hydrogens is 581 g/mol. The van der Waals surface area contributed by atoms with Crippen molar-refractivity contribution in [3.8, 4) is 34.0 Å². The van der Waals surface area contributed by atoms with E-state index in [0.29, 0.717) is 11.8 Å². The zero-order chi connectivity index (χ0) is 30.9. The van der Waals surface area contributed by atoms with Crippen molar-refractivity contribution < 1.29 is 4.42 Å². The highest BCUT2D eigenvalue weighted by Crippen LogP contribution is 2.62. The van der Waals surface area contributed by atoms with E-state index >= 15 is 0 Å². The molecule has 1 aromatic heterocycles. The lowest BCUT2D eigenvalue weighted by Crippen LogP contribution is -2.43. The Kier molecular flexibility index (Phi) is 6.00. The van der Waals surface area contributed by atoms with Crippen molar-refractivity contribution in [3.63, 3.8) is 0 Å². The van der Waals surface area contributed by atoms with Crippen LogP contribution in [0.5, 0.6) is 0 Å². The Balaban J connectivity index is 1.28. The second-order valence-electron chi connectivity index (χ2n) is 12.6. The average Bonchev–Trinajstić information content (AvgIpc) is 3.61. The van der Waals surface area contributed by atoms with Gasteiger partial charge in [0.05, 0.1) is 5.41 Å². The van der Waals surface area contributed by atoms with Gasteiger partial charge in [-0.15, -0.1) is 10.2 Å². The molecule has 7 aromatic rings. The quantitative estimate of drug-likeness (QED) is 0.200. The molecule has 4 heteroatoms. The summed E-state index contributed by atoms with van der Waals surface area (Å²) in [4.78, 5) is 2.56. The lowest BCUT2D eigenvalue weighted by Gasteiger charge is -2.50. The molecule has 220 valence electrons. The molecular formula is C42H30N2OS. The Morgan fingerprint density at radius 3 is 1.72 bits per heavy atom. The van der Waals surface area contributed by atoms with Gasteiger partial charge >= 0.3 is 0 Å². The topological polar surface area (TPSA) is 38.9 Å². The minimum absolute atomic E-state index is 0.132. The molecule has 0 saturated heterocycles. The maximum absolute atomic E-state index is 6.17. The first-order valence-corrected chi connectivity index (χ1v) is 16.5. The van der Waals surface area contributed by atoms with Gasteiger partial charge in [-0.05, 0) is 74.8 Å². The minimum Gasteiger partial charge on any atom is -0.416 e. The van der Waals surface area contributed by atoms with Gasteiger partial charge in [0.2, 0.25) is 11.8 Å². The first-order chi connectivity index (χ1) is 22.6. The van der Waals surface area contributed by atoms with Gasteiger partial charge in [0.25, 0.3) is 0 Å². The van der Waals surface area contributed by atoms with Crippen molar-refractivity contribution in [1.29, 1.82) is 0 Å². The van der Waals surface area contributed by atoms with E-state index in [1.54, 1.807) is 0 Å². The summed E-state index contributed by atoms with van der Waals surface area (Å²) in [7, 11) is 0. The lowest BCUT2D eigenvalue weighted by molar-refractivity contribution is 0.549. The van der Waals surface area contributed by atoms with Gasteiger partial charge in [0, 0.05) is 26.3 Å². The Labute approximate surface area is 273 Å². The number of hydrogen-bond donors (Lipinski definition) is 0. The molecule has 9 rings (SSSR count). The van der Waals surface area contributed by atoms with Gasteiger partial charge in [0.15, 0.2) is 0 Å². The number of nitrogens with zero attached hydrogens (tertiary/aromatic N) is 2. The van der Waals surface area contributed by atoms with E-state index in [1.807, 2.05) is 48.2 Å². The Hall–Kier alpha value is -5.19. The molecule has 6 aromatic carbocycles. The van der Waals surface area contributed by atoms with E-state index in [4.69, 9.17) is 4.42 Å². The fourth-order valence-corrected chi connectivity index (χ4v) is 9.05. The van der Waals surface area contributed by atoms with Gasteiger partial charge in [-0.25, -0.2) is 0 Å². The average molecular weight is 611 g/mol. The summed E-state index contributed by atoms with van der Waals surface area (Å²) in [5.41, 5.74) is 11.7. The van der Waals surface area contributed by atoms with E-state index in [1.165, 1.54) is 48.7 Å². The SMILES string of the molecule is CC1(C)c2ccccc2C2(c3ccccc3Sc3c(-c4cccc(-c5nnc(-c6ccccc6)o5)c4)cccc32)c2ccccc21. The molecule has 0 fully saturated rings. The van der Waals surface area contributed by atoms with Gasteiger partial charge in [-0.3, -0.25) is 0 Å². The van der Waals surface area contributed by atoms with Gasteiger partial charge in [0.1, 0.15) is 0 Å². The molecule has 2 aliphatic rings. The Morgan fingerprint density at radius 1 is 0.478 bits per heavy atom. The lowest BCUT2D eigenvalue weighted by atomic mass is 9.54. The summed E-state index contributed by atoms with van der Waals surface area (Å²) in [5, 5.41) is 8.78. The summed E-state index contributed by atoms with van der Waals surface area (Å²) in [5.74, 6) is 1.03. The summed E-state index contributed by atoms with van der Waals surface area (Å²) in [6.07, 6.45) is 0. The predicted octanol–water partition coefficient (Wildman–Crippen LogP) is 10.6. The fourth-order valence-electron chi connectivity index (χ4n) is 7.73. The molecule has 1 spiro atoms. The molecule has 1 aliphatic carbocycles. The molecule has 46 heavy (non-hydrogen) atoms. The van der Waals surface area contributed by atoms with Crippen LogP contribution in [0.2, 0.25) is 0 Å². The molecule has 2 heterocycles. The third-order valence-corrected chi connectivity index (χ3v) is 11.0. The van der Waals surface area contributed by atoms with Gasteiger partial charge < -0.3 is 4.42 Å². The summed E-state index contributed by atoms with van der Waals surface area (Å²) >= 11 is 1.87. The fraction of sp³-hybridized carbons (Fsp3) is 0.0952. The van der Waals surface area contributed by atoms with Crippen LogP contribution in [0.1, 0.15) is 47.2 Å². The zero-order valence-corrected chi connectivity index (χ0v) is 26.4. The van der Waals surface area contributed by atoms with E-state index in [-0.39, 0.29) is 5.41 Å². The normalized spacial score (nSPS) is 15.0. The smallest absolute Gasteiger partial charge is 0.248 e. The van der Waals surface area contributed by atoms with E-state index in [0.717, 1.165) is 16.7 Å². The van der Waals surface area contributed by atoms with Crippen LogP contribution in [-0.4, -0.2) is 10.2 Å². The van der Waals surface area contributed by atoms with E-state index < -0.39 is 5.41 Å². The second-order valence-corrected chi connectivity index (χ2v) is 13.7. The molecule has 3 nitrogen and oxygen atoms in total. The van der Waals surface area contributed by atoms with Crippen LogP contribution in [0.15, 0.2) is 160 Å². The first kappa shape index (κ1) is 27.1. The monoisotopic (exact) mass is 610 g/mol. The number of hydrogen-bond acceptors (Lipinski definition) is 4. The third kappa shape index (κ3) is 3.80. The highest BCUT2D eigenvalue weighted by molar-refractivity contribution is 7.99. The van der Waals surface area contributed by atoms with Gasteiger partial charge in [-0.2, -0.15) is 0 Å². The van der Waals surface area contributed by atoms with Crippen LogP contribution in [0.4, 0.5) is 0 Å². The third-order valence-electron chi connectivity index (χ3n) is 9.80. The van der Waals surface area contributed by atoms with Crippen molar-refractivity contribution in [2.24, 2.45) is 0 Å².